The summed E-state index contributed by atoms with van der Waals surface area (Å²) < 4.78 is 52.9. The number of nitrogens with zero attached hydrogens (tertiary/aromatic N) is 1. The number of alkyl halides is 3. The van der Waals surface area contributed by atoms with Gasteiger partial charge in [0.1, 0.15) is 16.3 Å². The number of fused-ring (bicyclic) bond motifs is 1. The van der Waals surface area contributed by atoms with Crippen LogP contribution in [-0.4, -0.2) is 21.1 Å². The lowest BCUT2D eigenvalue weighted by atomic mass is 10.3. The van der Waals surface area contributed by atoms with Crippen LogP contribution < -0.4 is 5.73 Å². The number of benzene rings is 1. The van der Waals surface area contributed by atoms with Crippen LogP contribution in [0, 0.1) is 0 Å². The molecule has 1 aromatic heterocycles. The zero-order valence-corrected chi connectivity index (χ0v) is 10.6. The lowest BCUT2D eigenvalue weighted by molar-refractivity contribution is -0.134. The molecule has 104 valence electrons. The van der Waals surface area contributed by atoms with E-state index in [9.17, 15) is 17.4 Å². The monoisotopic (exact) mass is 292 g/mol. The fraction of sp³-hybridized carbons (Fsp3) is 0.364. The second-order valence-electron chi connectivity index (χ2n) is 3.98. The molecular weight excluding hydrogens is 281 g/mol. The van der Waals surface area contributed by atoms with E-state index in [0.717, 1.165) is 0 Å². The third-order valence-electron chi connectivity index (χ3n) is 2.38. The Balaban J connectivity index is 2.05. The summed E-state index contributed by atoms with van der Waals surface area (Å²) >= 11 is 0. The lowest BCUT2D eigenvalue weighted by Gasteiger charge is -2.03. The molecule has 0 amide bonds. The van der Waals surface area contributed by atoms with Crippen molar-refractivity contribution in [1.29, 1.82) is 0 Å². The van der Waals surface area contributed by atoms with Gasteiger partial charge in [-0.3, -0.25) is 0 Å². The summed E-state index contributed by atoms with van der Waals surface area (Å²) in [6.07, 6.45) is -5.43. The van der Waals surface area contributed by atoms with Gasteiger partial charge in [-0.25, -0.2) is 9.19 Å². The molecule has 4 nitrogen and oxygen atoms in total. The average molecular weight is 292 g/mol. The van der Waals surface area contributed by atoms with Gasteiger partial charge in [-0.15, -0.1) is 0 Å². The summed E-state index contributed by atoms with van der Waals surface area (Å²) in [5, 5.41) is -0.0669. The molecule has 0 aliphatic carbocycles. The van der Waals surface area contributed by atoms with Gasteiger partial charge in [-0.05, 0) is 18.6 Å². The Hall–Kier alpha value is -1.57. The molecule has 2 rings (SSSR count). The fourth-order valence-electron chi connectivity index (χ4n) is 1.51. The number of aromatic nitrogens is 1. The maximum atomic E-state index is 12.0. The number of nitrogen functional groups attached to an aromatic ring is 1. The Bertz CT molecular complexity index is 609. The molecule has 2 aromatic rings. The van der Waals surface area contributed by atoms with Gasteiger partial charge in [-0.1, -0.05) is 0 Å². The van der Waals surface area contributed by atoms with Crippen molar-refractivity contribution in [3.05, 3.63) is 18.2 Å². The maximum absolute atomic E-state index is 12.0. The largest absolute Gasteiger partial charge is 0.430 e. The van der Waals surface area contributed by atoms with Crippen molar-refractivity contribution in [3.63, 3.8) is 0 Å². The van der Waals surface area contributed by atoms with E-state index in [1.54, 1.807) is 12.1 Å². The highest BCUT2D eigenvalue weighted by atomic mass is 32.2. The van der Waals surface area contributed by atoms with E-state index in [1.165, 1.54) is 6.07 Å². The van der Waals surface area contributed by atoms with Crippen molar-refractivity contribution >= 4 is 27.6 Å². The van der Waals surface area contributed by atoms with E-state index in [1.807, 2.05) is 0 Å². The summed E-state index contributed by atoms with van der Waals surface area (Å²) in [5.41, 5.74) is 6.87. The van der Waals surface area contributed by atoms with Crippen LogP contribution in [0.4, 0.5) is 18.9 Å². The van der Waals surface area contributed by atoms with E-state index in [2.05, 4.69) is 4.98 Å². The third-order valence-corrected chi connectivity index (χ3v) is 3.60. The molecule has 1 atom stereocenters. The van der Waals surface area contributed by atoms with E-state index in [-0.39, 0.29) is 17.4 Å². The number of hydrogen-bond donors (Lipinski definition) is 1. The molecule has 0 bridgehead atoms. The van der Waals surface area contributed by atoms with Gasteiger partial charge in [0.2, 0.25) is 0 Å². The van der Waals surface area contributed by atoms with Crippen molar-refractivity contribution in [1.82, 2.24) is 4.98 Å². The van der Waals surface area contributed by atoms with Crippen LogP contribution in [0.3, 0.4) is 0 Å². The molecule has 2 N–H and O–H groups in total. The van der Waals surface area contributed by atoms with E-state index in [0.29, 0.717) is 16.8 Å². The highest BCUT2D eigenvalue weighted by Gasteiger charge is 2.27. The number of anilines is 1. The quantitative estimate of drug-likeness (QED) is 0.880. The molecule has 0 saturated heterocycles. The van der Waals surface area contributed by atoms with Crippen molar-refractivity contribution in [2.45, 2.75) is 24.2 Å². The summed E-state index contributed by atoms with van der Waals surface area (Å²) in [6, 6.07) is 4.74. The average Bonchev–Trinajstić information content (AvgIpc) is 2.70. The molecule has 0 radical (unpaired) electrons. The molecule has 1 heterocycles. The molecule has 8 heteroatoms. The minimum Gasteiger partial charge on any atom is -0.430 e. The Morgan fingerprint density at radius 3 is 2.79 bits per heavy atom. The van der Waals surface area contributed by atoms with Crippen molar-refractivity contribution < 1.29 is 21.8 Å². The van der Waals surface area contributed by atoms with Gasteiger partial charge >= 0.3 is 6.18 Å². The Morgan fingerprint density at radius 2 is 2.11 bits per heavy atom. The second kappa shape index (κ2) is 5.20. The van der Waals surface area contributed by atoms with Crippen LogP contribution in [0.25, 0.3) is 11.1 Å². The van der Waals surface area contributed by atoms with Crippen molar-refractivity contribution in [2.24, 2.45) is 0 Å². The lowest BCUT2D eigenvalue weighted by Crippen LogP contribution is -2.09. The number of hydrogen-bond acceptors (Lipinski definition) is 4. The van der Waals surface area contributed by atoms with Crippen molar-refractivity contribution in [2.75, 3.05) is 11.5 Å². The second-order valence-corrected chi connectivity index (χ2v) is 5.42. The van der Waals surface area contributed by atoms with E-state index < -0.39 is 23.4 Å². The predicted molar refractivity (Wildman–Crippen MR) is 65.0 cm³/mol. The number of rotatable bonds is 4. The molecule has 0 aliphatic rings. The summed E-state index contributed by atoms with van der Waals surface area (Å²) in [5.74, 6) is -0.137. The first-order chi connectivity index (χ1) is 8.85. The number of oxazole rings is 1. The van der Waals surface area contributed by atoms with Gasteiger partial charge in [0.25, 0.3) is 5.22 Å². The SMILES string of the molecule is Nc1ccc2nc(S(=O)CCCC(F)(F)F)oc2c1. The molecular formula is C11H11F3N2O2S. The predicted octanol–water partition coefficient (Wildman–Crippen LogP) is 2.86. The Kier molecular flexibility index (Phi) is 3.79. The van der Waals surface area contributed by atoms with Gasteiger partial charge in [-0.2, -0.15) is 13.2 Å². The van der Waals surface area contributed by atoms with Gasteiger partial charge in [0.15, 0.2) is 5.58 Å². The molecule has 0 fully saturated rings. The van der Waals surface area contributed by atoms with Crippen LogP contribution in [0.5, 0.6) is 0 Å². The topological polar surface area (TPSA) is 69.1 Å². The molecule has 0 spiro atoms. The molecule has 0 aliphatic heterocycles. The van der Waals surface area contributed by atoms with E-state index >= 15 is 0 Å². The zero-order valence-electron chi connectivity index (χ0n) is 9.74. The number of halogens is 3. The van der Waals surface area contributed by atoms with Gasteiger partial charge in [0.05, 0.1) is 0 Å². The van der Waals surface area contributed by atoms with Crippen LogP contribution in [-0.2, 0) is 10.8 Å². The Morgan fingerprint density at radius 1 is 1.37 bits per heavy atom. The number of nitrogens with two attached hydrogens (primary N) is 1. The highest BCUT2D eigenvalue weighted by Crippen LogP contribution is 2.23. The van der Waals surface area contributed by atoms with Crippen LogP contribution in [0.2, 0.25) is 0 Å². The maximum Gasteiger partial charge on any atom is 0.389 e. The molecule has 1 unspecified atom stereocenters. The first-order valence-electron chi connectivity index (χ1n) is 5.46. The zero-order chi connectivity index (χ0) is 14.0. The van der Waals surface area contributed by atoms with Gasteiger partial charge < -0.3 is 10.2 Å². The van der Waals surface area contributed by atoms with E-state index in [4.69, 9.17) is 10.2 Å². The van der Waals surface area contributed by atoms with Crippen LogP contribution in [0.1, 0.15) is 12.8 Å². The van der Waals surface area contributed by atoms with Crippen LogP contribution >= 0.6 is 0 Å². The first-order valence-corrected chi connectivity index (χ1v) is 6.78. The highest BCUT2D eigenvalue weighted by molar-refractivity contribution is 7.84. The minimum atomic E-state index is -4.24. The smallest absolute Gasteiger partial charge is 0.389 e. The molecule has 0 saturated carbocycles. The third kappa shape index (κ3) is 3.69. The van der Waals surface area contributed by atoms with Crippen LogP contribution in [0.15, 0.2) is 27.8 Å². The summed E-state index contributed by atoms with van der Waals surface area (Å²) in [7, 11) is -1.68. The molecule has 1 aromatic carbocycles. The van der Waals surface area contributed by atoms with Crippen molar-refractivity contribution in [3.8, 4) is 0 Å². The summed E-state index contributed by atoms with van der Waals surface area (Å²) in [4.78, 5) is 3.97. The minimum absolute atomic E-state index is 0.0669. The molecule has 19 heavy (non-hydrogen) atoms. The summed E-state index contributed by atoms with van der Waals surface area (Å²) in [6.45, 7) is 0. The standard InChI is InChI=1S/C11H11F3N2O2S/c12-11(13,14)4-1-5-19(17)10-16-8-3-2-7(15)6-9(8)18-10/h2-3,6H,1,4-5,15H2. The fourth-order valence-corrected chi connectivity index (χ4v) is 2.47. The first kappa shape index (κ1) is 13.9. The Labute approximate surface area is 109 Å². The van der Waals surface area contributed by atoms with Gasteiger partial charge in [0, 0.05) is 23.9 Å². The normalized spacial score (nSPS) is 13.8.